The van der Waals surface area contributed by atoms with Crippen LogP contribution in [0, 0.1) is 0 Å². The summed E-state index contributed by atoms with van der Waals surface area (Å²) in [4.78, 5) is 13.7. The van der Waals surface area contributed by atoms with E-state index < -0.39 is 5.41 Å². The van der Waals surface area contributed by atoms with Gasteiger partial charge in [-0.25, -0.2) is 0 Å². The van der Waals surface area contributed by atoms with E-state index in [0.717, 1.165) is 17.0 Å². The molecule has 0 saturated carbocycles. The number of amides is 1. The van der Waals surface area contributed by atoms with Crippen LogP contribution < -0.4 is 9.64 Å². The quantitative estimate of drug-likeness (QED) is 0.701. The van der Waals surface area contributed by atoms with Gasteiger partial charge in [0, 0.05) is 12.6 Å². The van der Waals surface area contributed by atoms with E-state index in [0.29, 0.717) is 0 Å². The van der Waals surface area contributed by atoms with Gasteiger partial charge in [-0.3, -0.25) is 4.79 Å². The smallest absolute Gasteiger partial charge is 0.237 e. The lowest BCUT2D eigenvalue weighted by Gasteiger charge is -2.18. The first kappa shape index (κ1) is 10.0. The Hall–Kier alpha value is -1.51. The third-order valence-electron chi connectivity index (χ3n) is 3.05. The van der Waals surface area contributed by atoms with Crippen LogP contribution in [0.5, 0.6) is 5.75 Å². The average Bonchev–Trinajstić information content (AvgIpc) is 2.41. The summed E-state index contributed by atoms with van der Waals surface area (Å²) in [5.41, 5.74) is 1.45. The first-order valence-corrected chi connectivity index (χ1v) is 4.95. The number of likely N-dealkylation sites (N-methyl/N-ethyl adjacent to an activating group) is 1. The number of methoxy groups -OCH3 is 1. The zero-order valence-corrected chi connectivity index (χ0v) is 9.50. The van der Waals surface area contributed by atoms with E-state index in [2.05, 4.69) is 0 Å². The maximum absolute atomic E-state index is 12.0. The lowest BCUT2D eigenvalue weighted by atomic mass is 9.85. The minimum absolute atomic E-state index is 0.113. The summed E-state index contributed by atoms with van der Waals surface area (Å²) in [5.74, 6) is 0.900. The van der Waals surface area contributed by atoms with Gasteiger partial charge in [0.05, 0.1) is 18.2 Å². The van der Waals surface area contributed by atoms with Crippen molar-refractivity contribution < 1.29 is 9.53 Å². The zero-order chi connectivity index (χ0) is 11.2. The number of carbonyl (C=O) groups is 1. The number of hydrogen-bond donors (Lipinski definition) is 0. The second-order valence-electron chi connectivity index (χ2n) is 4.34. The Morgan fingerprint density at radius 1 is 1.33 bits per heavy atom. The molecule has 1 aromatic rings. The van der Waals surface area contributed by atoms with Crippen molar-refractivity contribution in [3.05, 3.63) is 23.8 Å². The molecule has 0 unspecified atom stereocenters. The molecule has 1 aliphatic rings. The summed E-state index contributed by atoms with van der Waals surface area (Å²) in [6.07, 6.45) is 0. The molecule has 1 amide bonds. The summed E-state index contributed by atoms with van der Waals surface area (Å²) in [5, 5.41) is 0. The number of hydrogen-bond acceptors (Lipinski definition) is 2. The molecule has 0 atom stereocenters. The molecule has 0 spiro atoms. The Bertz CT molecular complexity index is 424. The van der Waals surface area contributed by atoms with Crippen LogP contribution in [0.3, 0.4) is 0 Å². The molecular formula is C12H15NO2. The summed E-state index contributed by atoms with van der Waals surface area (Å²) < 4.78 is 5.31. The van der Waals surface area contributed by atoms with Crippen LogP contribution in [0.15, 0.2) is 18.2 Å². The van der Waals surface area contributed by atoms with E-state index in [9.17, 15) is 4.79 Å². The van der Waals surface area contributed by atoms with E-state index in [1.807, 2.05) is 32.0 Å². The third kappa shape index (κ3) is 1.16. The lowest BCUT2D eigenvalue weighted by Crippen LogP contribution is -2.33. The van der Waals surface area contributed by atoms with E-state index >= 15 is 0 Å². The van der Waals surface area contributed by atoms with Crippen molar-refractivity contribution in [1.29, 1.82) is 0 Å². The van der Waals surface area contributed by atoms with Gasteiger partial charge in [0.25, 0.3) is 0 Å². The molecule has 3 nitrogen and oxygen atoms in total. The first-order valence-electron chi connectivity index (χ1n) is 4.95. The highest BCUT2D eigenvalue weighted by Gasteiger charge is 2.44. The molecule has 0 aliphatic carbocycles. The molecular weight excluding hydrogens is 190 g/mol. The van der Waals surface area contributed by atoms with E-state index in [1.165, 1.54) is 0 Å². The van der Waals surface area contributed by atoms with Crippen LogP contribution >= 0.6 is 0 Å². The van der Waals surface area contributed by atoms with E-state index in [-0.39, 0.29) is 5.91 Å². The molecule has 0 bridgehead atoms. The average molecular weight is 205 g/mol. The summed E-state index contributed by atoms with van der Waals surface area (Å²) in [6.45, 7) is 3.86. The molecule has 2 rings (SSSR count). The van der Waals surface area contributed by atoms with Gasteiger partial charge in [-0.05, 0) is 26.0 Å². The van der Waals surface area contributed by atoms with Gasteiger partial charge in [-0.1, -0.05) is 6.07 Å². The van der Waals surface area contributed by atoms with Gasteiger partial charge in [0.2, 0.25) is 5.91 Å². The van der Waals surface area contributed by atoms with Crippen molar-refractivity contribution in [2.45, 2.75) is 19.3 Å². The van der Waals surface area contributed by atoms with Crippen LogP contribution in [0.1, 0.15) is 19.4 Å². The fourth-order valence-corrected chi connectivity index (χ4v) is 2.23. The number of carbonyl (C=O) groups excluding carboxylic acids is 1. The highest BCUT2D eigenvalue weighted by atomic mass is 16.5. The van der Waals surface area contributed by atoms with Crippen molar-refractivity contribution >= 4 is 11.6 Å². The molecule has 0 saturated heterocycles. The highest BCUT2D eigenvalue weighted by Crippen LogP contribution is 2.45. The van der Waals surface area contributed by atoms with Crippen LogP contribution in [0.4, 0.5) is 5.69 Å². The third-order valence-corrected chi connectivity index (χ3v) is 3.05. The largest absolute Gasteiger partial charge is 0.496 e. The predicted molar refractivity (Wildman–Crippen MR) is 59.4 cm³/mol. The monoisotopic (exact) mass is 205 g/mol. The van der Waals surface area contributed by atoms with Gasteiger partial charge in [-0.15, -0.1) is 0 Å². The van der Waals surface area contributed by atoms with Crippen molar-refractivity contribution in [3.63, 3.8) is 0 Å². The van der Waals surface area contributed by atoms with Crippen LogP contribution in [0.25, 0.3) is 0 Å². The van der Waals surface area contributed by atoms with Crippen molar-refractivity contribution in [3.8, 4) is 5.75 Å². The fraction of sp³-hybridized carbons (Fsp3) is 0.417. The zero-order valence-electron chi connectivity index (χ0n) is 9.50. The molecule has 1 aromatic carbocycles. The molecule has 15 heavy (non-hydrogen) atoms. The number of ether oxygens (including phenoxy) is 1. The topological polar surface area (TPSA) is 29.5 Å². The number of rotatable bonds is 1. The van der Waals surface area contributed by atoms with Crippen molar-refractivity contribution in [1.82, 2.24) is 0 Å². The minimum Gasteiger partial charge on any atom is -0.496 e. The predicted octanol–water partition coefficient (Wildman–Crippen LogP) is 1.95. The van der Waals surface area contributed by atoms with Gasteiger partial charge in [0.15, 0.2) is 0 Å². The Morgan fingerprint density at radius 2 is 2.00 bits per heavy atom. The second-order valence-corrected chi connectivity index (χ2v) is 4.34. The number of benzene rings is 1. The second kappa shape index (κ2) is 2.99. The van der Waals surface area contributed by atoms with Crippen LogP contribution in [-0.2, 0) is 10.2 Å². The highest BCUT2D eigenvalue weighted by molar-refractivity contribution is 6.08. The molecule has 1 aliphatic heterocycles. The Morgan fingerprint density at radius 3 is 2.60 bits per heavy atom. The van der Waals surface area contributed by atoms with Crippen LogP contribution in [-0.4, -0.2) is 20.1 Å². The molecule has 0 radical (unpaired) electrons. The van der Waals surface area contributed by atoms with Crippen LogP contribution in [0.2, 0.25) is 0 Å². The van der Waals surface area contributed by atoms with Crippen molar-refractivity contribution in [2.75, 3.05) is 19.1 Å². The number of fused-ring (bicyclic) bond motifs is 1. The summed E-state index contributed by atoms with van der Waals surface area (Å²) >= 11 is 0. The van der Waals surface area contributed by atoms with Crippen molar-refractivity contribution in [2.24, 2.45) is 0 Å². The molecule has 0 N–H and O–H groups in total. The lowest BCUT2D eigenvalue weighted by molar-refractivity contribution is -0.121. The van der Waals surface area contributed by atoms with Gasteiger partial charge in [0.1, 0.15) is 5.75 Å². The first-order chi connectivity index (χ1) is 7.00. The number of nitrogens with zero attached hydrogens (tertiary/aromatic N) is 1. The molecule has 3 heteroatoms. The Kier molecular flexibility index (Phi) is 2.00. The van der Waals surface area contributed by atoms with E-state index in [1.54, 1.807) is 19.1 Å². The molecule has 0 fully saturated rings. The maximum Gasteiger partial charge on any atom is 0.237 e. The fourth-order valence-electron chi connectivity index (χ4n) is 2.23. The molecule has 0 aromatic heterocycles. The van der Waals surface area contributed by atoms with Gasteiger partial charge >= 0.3 is 0 Å². The molecule has 1 heterocycles. The summed E-state index contributed by atoms with van der Waals surface area (Å²) in [7, 11) is 3.43. The maximum atomic E-state index is 12.0. The van der Waals surface area contributed by atoms with Gasteiger partial charge in [-0.2, -0.15) is 0 Å². The Labute approximate surface area is 89.7 Å². The minimum atomic E-state index is -0.489. The standard InChI is InChI=1S/C12H15NO2/c1-12(2)10-8(13(3)11(12)14)6-5-7-9(10)15-4/h5-7H,1-4H3. The SMILES string of the molecule is COc1cccc2c1C(C)(C)C(=O)N2C. The molecule has 80 valence electrons. The normalized spacial score (nSPS) is 17.9. The Balaban J connectivity index is 2.72. The van der Waals surface area contributed by atoms with E-state index in [4.69, 9.17) is 4.74 Å². The number of anilines is 1. The van der Waals surface area contributed by atoms with Gasteiger partial charge < -0.3 is 9.64 Å². The summed E-state index contributed by atoms with van der Waals surface area (Å²) in [6, 6.07) is 5.75.